The number of ether oxygens (including phenoxy) is 6. The molecule has 418 valence electrons. The Hall–Kier alpha value is -4.97. The van der Waals surface area contributed by atoms with E-state index in [1.54, 1.807) is 25.7 Å². The first-order valence-corrected chi connectivity index (χ1v) is 27.0. The van der Waals surface area contributed by atoms with E-state index < -0.39 is 66.8 Å². The Labute approximate surface area is 435 Å². The van der Waals surface area contributed by atoms with Crippen molar-refractivity contribution in [3.05, 3.63) is 50.6 Å². The van der Waals surface area contributed by atoms with Crippen LogP contribution in [0.5, 0.6) is 0 Å². The van der Waals surface area contributed by atoms with Crippen molar-refractivity contribution >= 4 is 69.5 Å². The zero-order valence-electron chi connectivity index (χ0n) is 43.0. The van der Waals surface area contributed by atoms with Crippen molar-refractivity contribution in [1.29, 1.82) is 0 Å². The molecule has 4 saturated heterocycles. The summed E-state index contributed by atoms with van der Waals surface area (Å²) in [6.45, 7) is 27.1. The molecule has 4 fully saturated rings. The van der Waals surface area contributed by atoms with E-state index >= 15 is 0 Å². The van der Waals surface area contributed by atoms with Crippen molar-refractivity contribution in [2.24, 2.45) is 28.0 Å². The van der Waals surface area contributed by atoms with Gasteiger partial charge in [0, 0.05) is 44.0 Å². The number of carbonyl (C=O) groups is 6. The zero-order chi connectivity index (χ0) is 55.9. The number of hydrogen-bond acceptors (Lipinski definition) is 18. The number of likely N-dealkylation sites (tertiary alicyclic amines) is 4. The van der Waals surface area contributed by atoms with Crippen molar-refractivity contribution in [3.63, 3.8) is 0 Å². The fraction of sp³-hybridized carbons (Fsp3) is 0.689. The van der Waals surface area contributed by atoms with Crippen LogP contribution in [-0.2, 0) is 53.6 Å². The first kappa shape index (κ1) is 66.0. The average Bonchev–Trinajstić information content (AvgIpc) is 4.10. The van der Waals surface area contributed by atoms with E-state index in [1.165, 1.54) is 46.1 Å². The quantitative estimate of drug-likeness (QED) is 0.0555. The smallest absolute Gasteiger partial charge is 0.467 e. The van der Waals surface area contributed by atoms with Gasteiger partial charge in [-0.1, -0.05) is 71.4 Å². The molecule has 9 atom stereocenters. The first-order chi connectivity index (χ1) is 34.0. The molecule has 4 rings (SSSR count). The van der Waals surface area contributed by atoms with E-state index in [-0.39, 0.29) is 87.4 Å². The Morgan fingerprint density at radius 1 is 0.671 bits per heavy atom. The van der Waals surface area contributed by atoms with E-state index in [4.69, 9.17) is 39.1 Å². The third kappa shape index (κ3) is 24.3. The number of nitrogens with zero attached hydrogens (tertiary/aromatic N) is 4. The lowest BCUT2D eigenvalue weighted by Crippen LogP contribution is -3.18. The number of aliphatic hydroxyl groups is 1. The van der Waals surface area contributed by atoms with E-state index in [9.17, 15) is 45.6 Å². The van der Waals surface area contributed by atoms with Crippen LogP contribution in [0.2, 0.25) is 0 Å². The van der Waals surface area contributed by atoms with Crippen LogP contribution in [0.4, 0.5) is 24.0 Å². The molecule has 4 aliphatic rings. The number of aliphatic hydroxyl groups excluding tert-OH is 1. The lowest BCUT2D eigenvalue weighted by Gasteiger charge is -2.26. The third-order valence-corrected chi connectivity index (χ3v) is 12.9. The van der Waals surface area contributed by atoms with Crippen LogP contribution in [0, 0.1) is 17.8 Å². The predicted octanol–water partition coefficient (Wildman–Crippen LogP) is 1.72. The maximum atomic E-state index is 12.3. The van der Waals surface area contributed by atoms with Gasteiger partial charge in [-0.3, -0.25) is 9.80 Å². The first-order valence-electron chi connectivity index (χ1n) is 23.4. The van der Waals surface area contributed by atoms with Crippen LogP contribution in [-0.4, -0.2) is 192 Å². The minimum Gasteiger partial charge on any atom is -0.467 e. The number of hydrogen-bond donors (Lipinski definition) is 6. The highest BCUT2D eigenvalue weighted by molar-refractivity contribution is 7.87. The highest BCUT2D eigenvalue weighted by Crippen LogP contribution is 2.26. The van der Waals surface area contributed by atoms with Gasteiger partial charge in [-0.05, 0) is 64.2 Å². The minimum absolute atomic E-state index is 0.00596. The van der Waals surface area contributed by atoms with Gasteiger partial charge in [-0.25, -0.2) is 33.8 Å². The Balaban J connectivity index is 0.000000499. The number of carbonyl (C=O) groups excluding carboxylic acids is 6. The molecule has 0 aromatic carbocycles. The van der Waals surface area contributed by atoms with Crippen LogP contribution in [0.25, 0.3) is 0 Å². The number of thiol groups is 1. The van der Waals surface area contributed by atoms with Crippen molar-refractivity contribution in [2.45, 2.75) is 102 Å². The molecule has 0 aromatic rings. The largest absolute Gasteiger partial charge is 0.531 e. The van der Waals surface area contributed by atoms with E-state index in [0.717, 1.165) is 6.42 Å². The van der Waals surface area contributed by atoms with Gasteiger partial charge >= 0.3 is 46.6 Å². The summed E-state index contributed by atoms with van der Waals surface area (Å²) in [6.07, 6.45) is 5.59. The minimum atomic E-state index is -4.26. The van der Waals surface area contributed by atoms with E-state index in [0.29, 0.717) is 51.4 Å². The number of esters is 1. The topological polar surface area (TPSA) is 328 Å². The molecule has 73 heavy (non-hydrogen) atoms. The lowest BCUT2D eigenvalue weighted by atomic mass is 10.1. The molecule has 0 aliphatic carbocycles. The number of alkyl carbamates (subject to hydrolysis) is 1. The predicted molar refractivity (Wildman–Crippen MR) is 272 cm³/mol. The number of nitrogens with one attached hydrogen (secondary N) is 2. The number of amides is 5. The average molecular weight is 1100 g/mol. The Morgan fingerprint density at radius 2 is 1.07 bits per heavy atom. The monoisotopic (exact) mass is 1100 g/mol. The fourth-order valence-corrected chi connectivity index (χ4v) is 9.50. The van der Waals surface area contributed by atoms with Crippen molar-refractivity contribution in [1.82, 2.24) is 24.3 Å². The van der Waals surface area contributed by atoms with Crippen LogP contribution in [0.3, 0.4) is 0 Å². The molecule has 5 amide bonds. The van der Waals surface area contributed by atoms with Gasteiger partial charge in [0.05, 0.1) is 25.8 Å². The number of rotatable bonds is 16. The second kappa shape index (κ2) is 31.7. The summed E-state index contributed by atoms with van der Waals surface area (Å²) in [5.41, 5.74) is -0.863. The Bertz CT molecular complexity index is 2100. The van der Waals surface area contributed by atoms with Crippen molar-refractivity contribution in [2.75, 3.05) is 79.4 Å². The van der Waals surface area contributed by atoms with E-state index in [1.807, 2.05) is 13.8 Å². The van der Waals surface area contributed by atoms with Crippen LogP contribution >= 0.6 is 12.6 Å². The molecule has 7 N–H and O–H groups in total. The summed E-state index contributed by atoms with van der Waals surface area (Å²) in [6, 6.07) is -1.41. The molecule has 28 heteroatoms. The van der Waals surface area contributed by atoms with Gasteiger partial charge in [0.2, 0.25) is 0 Å². The van der Waals surface area contributed by atoms with Gasteiger partial charge in [-0.2, -0.15) is 39.4 Å². The molecule has 0 bridgehead atoms. The maximum Gasteiger partial charge on any atom is 0.531 e. The Kier molecular flexibility index (Phi) is 28.7. The Morgan fingerprint density at radius 3 is 1.47 bits per heavy atom. The molecular formula is C45H79N8O17S3+. The molecule has 0 saturated carbocycles. The number of nitrogens with two attached hydrogens (primary N) is 2. The number of methoxy groups -OCH3 is 1. The van der Waals surface area contributed by atoms with Gasteiger partial charge in [0.1, 0.15) is 44.6 Å². The summed E-state index contributed by atoms with van der Waals surface area (Å²) >= 11 is 4.28. The molecule has 4 heterocycles. The highest BCUT2D eigenvalue weighted by atomic mass is 32.2. The summed E-state index contributed by atoms with van der Waals surface area (Å²) in [5, 5.41) is 19.1. The van der Waals surface area contributed by atoms with Gasteiger partial charge in [0.15, 0.2) is 0 Å². The highest BCUT2D eigenvalue weighted by Gasteiger charge is 2.44. The van der Waals surface area contributed by atoms with Gasteiger partial charge < -0.3 is 43.3 Å². The third-order valence-electron chi connectivity index (χ3n) is 11.0. The molecule has 1 unspecified atom stereocenters. The van der Waals surface area contributed by atoms with E-state index in [2.05, 4.69) is 55.3 Å². The summed E-state index contributed by atoms with van der Waals surface area (Å²) < 4.78 is 76.6. The van der Waals surface area contributed by atoms with Crippen molar-refractivity contribution < 1.29 is 83.4 Å². The van der Waals surface area contributed by atoms with Crippen LogP contribution < -0.4 is 19.3 Å². The summed E-state index contributed by atoms with van der Waals surface area (Å²) in [7, 11) is -6.71. The number of quaternary nitrogens is 1. The maximum absolute atomic E-state index is 12.3. The second-order valence-corrected chi connectivity index (χ2v) is 22.4. The molecule has 0 spiro atoms. The normalized spacial score (nSPS) is 23.9. The second-order valence-electron chi connectivity index (χ2n) is 18.7. The fourth-order valence-electron chi connectivity index (χ4n) is 7.96. The van der Waals surface area contributed by atoms with Crippen LogP contribution in [0.15, 0.2) is 50.6 Å². The molecule has 0 radical (unpaired) electrons. The standard InChI is InChI=1S/C15H27N3O6S.C11H17NO4.C10H17NO3.C9H17N3O4S2/c1-6-7-23-13(19)17-9-11(2)8-12(17)10-18(25(16,21)22)14(20)24-15(3,4)5;1-4-5-16-11(14)12-7-8(2)6-9(12)10(13)15-3;1-3-4-14-10(13)11-6-8(2)5-9(11)7-12;1-2-3-16-9(13)12-6-8(17)4-7(12)5-11-18(10,14)15/h6,11-12H,1,7-10H2,2-5H3,(H2,16,21,22);4,8-9H,1,5-7H2,2-3H3;3,8-9,12H,1,4-7H2,2H3;2,7-8,11,17H,1,3-6H2,(H2,10,14,15)/p+1/t11-,12-;2*8-,9+;7-,8-/m0110/s1. The lowest BCUT2D eigenvalue weighted by molar-refractivity contribution is -0.690. The SMILES string of the molecule is C=CCOC(=O)N1C[C@@H](C)C[C@H]1C[NH+](C(=O)OC(C)(C)C)S(N)(=O)=O.C=CCOC(=O)N1C[C@@H](S)C[C@H]1CNS(N)(=O)=O.C=CCOC(=O)N1C[C@H](C)C[C@H]1C(=O)OC.C=CCOC(=O)N1C[C@H](C)C[C@H]1CO. The summed E-state index contributed by atoms with van der Waals surface area (Å²) in [4.78, 5) is 76.5. The van der Waals surface area contributed by atoms with Crippen LogP contribution in [0.1, 0.15) is 67.2 Å². The van der Waals surface area contributed by atoms with Gasteiger partial charge in [-0.15, -0.1) is 4.31 Å². The molecule has 4 aliphatic heterocycles. The molecular weight excluding hydrogens is 1020 g/mol. The molecule has 0 aromatic heterocycles. The molecule has 25 nitrogen and oxygen atoms in total. The zero-order valence-corrected chi connectivity index (χ0v) is 45.6. The van der Waals surface area contributed by atoms with Crippen molar-refractivity contribution in [3.8, 4) is 0 Å². The summed E-state index contributed by atoms with van der Waals surface area (Å²) in [5.74, 6) is 0.463. The van der Waals surface area contributed by atoms with Gasteiger partial charge in [0.25, 0.3) is 10.2 Å².